The summed E-state index contributed by atoms with van der Waals surface area (Å²) in [5, 5.41) is 10.5. The monoisotopic (exact) mass is 395 g/mol. The van der Waals surface area contributed by atoms with Gasteiger partial charge in [0.25, 0.3) is 0 Å². The molecule has 2 aliphatic carbocycles. The van der Waals surface area contributed by atoms with Crippen molar-refractivity contribution in [2.75, 3.05) is 20.6 Å². The third kappa shape index (κ3) is 6.38. The molecule has 0 aliphatic heterocycles. The number of aliphatic hydroxyl groups excluding tert-OH is 1. The molecule has 29 heavy (non-hydrogen) atoms. The average molecular weight is 396 g/mol. The van der Waals surface area contributed by atoms with Crippen molar-refractivity contribution in [1.82, 2.24) is 4.90 Å². The average Bonchev–Trinajstić information content (AvgIpc) is 3.18. The molecule has 3 rings (SSSR count). The standard InChI is InChI=1S/C26H37NO2/c1-19-8-10-20(11-9-19)16-23(28)12-13-24-25-17-21(15-22(25)18-26(24)29)7-5-4-6-14-27(2)3/h8-13,15,22,24-26,29H,4-7,14,16-18H2,1-3H3/t22-,24+,25-,26+/m0/s1. The van der Waals surface area contributed by atoms with Gasteiger partial charge in [-0.2, -0.15) is 0 Å². The fourth-order valence-electron chi connectivity index (χ4n) is 4.93. The van der Waals surface area contributed by atoms with Gasteiger partial charge in [0.15, 0.2) is 5.78 Å². The summed E-state index contributed by atoms with van der Waals surface area (Å²) in [6, 6.07) is 8.13. The van der Waals surface area contributed by atoms with Gasteiger partial charge in [0.05, 0.1) is 6.10 Å². The topological polar surface area (TPSA) is 40.5 Å². The number of rotatable bonds is 10. The highest BCUT2D eigenvalue weighted by Gasteiger charge is 2.43. The molecule has 1 aromatic rings. The minimum absolute atomic E-state index is 0.115. The molecule has 3 heteroatoms. The zero-order chi connectivity index (χ0) is 20.8. The van der Waals surface area contributed by atoms with Crippen LogP contribution in [0, 0.1) is 24.7 Å². The molecule has 0 unspecified atom stereocenters. The van der Waals surface area contributed by atoms with E-state index in [1.165, 1.54) is 37.8 Å². The number of carbonyl (C=O) groups excluding carboxylic acids is 1. The van der Waals surface area contributed by atoms with Crippen LogP contribution in [0.2, 0.25) is 0 Å². The summed E-state index contributed by atoms with van der Waals surface area (Å²) < 4.78 is 0. The Morgan fingerprint density at radius 1 is 1.17 bits per heavy atom. The molecule has 0 spiro atoms. The second-order valence-corrected chi connectivity index (χ2v) is 9.34. The van der Waals surface area contributed by atoms with Crippen LogP contribution in [-0.4, -0.2) is 42.5 Å². The highest BCUT2D eigenvalue weighted by atomic mass is 16.3. The van der Waals surface area contributed by atoms with Crippen LogP contribution in [0.5, 0.6) is 0 Å². The number of hydrogen-bond acceptors (Lipinski definition) is 3. The largest absolute Gasteiger partial charge is 0.392 e. The highest BCUT2D eigenvalue weighted by molar-refractivity contribution is 5.91. The number of benzene rings is 1. The molecule has 1 N–H and O–H groups in total. The zero-order valence-electron chi connectivity index (χ0n) is 18.3. The number of hydrogen-bond donors (Lipinski definition) is 1. The van der Waals surface area contributed by atoms with E-state index in [1.54, 1.807) is 11.6 Å². The number of fused-ring (bicyclic) bond motifs is 1. The molecule has 1 saturated carbocycles. The maximum atomic E-state index is 12.4. The third-order valence-corrected chi connectivity index (χ3v) is 6.56. The van der Waals surface area contributed by atoms with E-state index in [0.29, 0.717) is 18.3 Å². The van der Waals surface area contributed by atoms with Crippen molar-refractivity contribution in [3.05, 3.63) is 59.2 Å². The van der Waals surface area contributed by atoms with Crippen LogP contribution >= 0.6 is 0 Å². The van der Waals surface area contributed by atoms with E-state index in [-0.39, 0.29) is 17.8 Å². The molecule has 1 aromatic carbocycles. The maximum absolute atomic E-state index is 12.4. The molecular formula is C26H37NO2. The smallest absolute Gasteiger partial charge is 0.159 e. The zero-order valence-corrected chi connectivity index (χ0v) is 18.3. The second kappa shape index (κ2) is 10.4. The Kier molecular flexibility index (Phi) is 7.85. The molecule has 0 saturated heterocycles. The van der Waals surface area contributed by atoms with E-state index < -0.39 is 0 Å². The first-order valence-electron chi connectivity index (χ1n) is 11.2. The van der Waals surface area contributed by atoms with Crippen LogP contribution in [0.25, 0.3) is 0 Å². The summed E-state index contributed by atoms with van der Waals surface area (Å²) in [4.78, 5) is 14.6. The predicted octanol–water partition coefficient (Wildman–Crippen LogP) is 4.73. The highest BCUT2D eigenvalue weighted by Crippen LogP contribution is 2.48. The quantitative estimate of drug-likeness (QED) is 0.354. The molecule has 0 amide bonds. The van der Waals surface area contributed by atoms with E-state index in [0.717, 1.165) is 18.4 Å². The molecular weight excluding hydrogens is 358 g/mol. The van der Waals surface area contributed by atoms with Gasteiger partial charge in [-0.25, -0.2) is 0 Å². The van der Waals surface area contributed by atoms with Crippen LogP contribution < -0.4 is 0 Å². The Morgan fingerprint density at radius 2 is 1.93 bits per heavy atom. The minimum Gasteiger partial charge on any atom is -0.392 e. The van der Waals surface area contributed by atoms with Gasteiger partial charge in [0.1, 0.15) is 0 Å². The molecule has 4 atom stereocenters. The summed E-state index contributed by atoms with van der Waals surface area (Å²) in [5.41, 5.74) is 3.83. The summed E-state index contributed by atoms with van der Waals surface area (Å²) in [5.74, 6) is 1.20. The van der Waals surface area contributed by atoms with Crippen molar-refractivity contribution in [3.63, 3.8) is 0 Å². The Balaban J connectivity index is 1.47. The van der Waals surface area contributed by atoms with Gasteiger partial charge in [0, 0.05) is 12.3 Å². The van der Waals surface area contributed by atoms with Gasteiger partial charge >= 0.3 is 0 Å². The van der Waals surface area contributed by atoms with Crippen LogP contribution in [0.4, 0.5) is 0 Å². The number of allylic oxidation sites excluding steroid dienone is 3. The molecule has 158 valence electrons. The normalized spacial score (nSPS) is 26.3. The number of unbranched alkanes of at least 4 members (excludes halogenated alkanes) is 2. The van der Waals surface area contributed by atoms with Gasteiger partial charge in [-0.05, 0) is 83.1 Å². The number of ketones is 1. The molecule has 0 aromatic heterocycles. The van der Waals surface area contributed by atoms with E-state index in [9.17, 15) is 9.90 Å². The fraction of sp³-hybridized carbons (Fsp3) is 0.577. The lowest BCUT2D eigenvalue weighted by Crippen LogP contribution is -2.17. The molecule has 0 bridgehead atoms. The number of carbonyl (C=O) groups is 1. The Morgan fingerprint density at radius 3 is 2.66 bits per heavy atom. The summed E-state index contributed by atoms with van der Waals surface area (Å²) in [7, 11) is 4.26. The second-order valence-electron chi connectivity index (χ2n) is 9.34. The number of nitrogens with zero attached hydrogens (tertiary/aromatic N) is 1. The van der Waals surface area contributed by atoms with Crippen LogP contribution in [0.1, 0.15) is 49.7 Å². The van der Waals surface area contributed by atoms with Gasteiger partial charge in [-0.15, -0.1) is 0 Å². The lowest BCUT2D eigenvalue weighted by atomic mass is 9.88. The summed E-state index contributed by atoms with van der Waals surface area (Å²) >= 11 is 0. The van der Waals surface area contributed by atoms with Gasteiger partial charge < -0.3 is 10.0 Å². The van der Waals surface area contributed by atoms with Crippen molar-refractivity contribution in [3.8, 4) is 0 Å². The van der Waals surface area contributed by atoms with Crippen molar-refractivity contribution in [2.45, 2.75) is 58.0 Å². The first-order valence-corrected chi connectivity index (χ1v) is 11.2. The van der Waals surface area contributed by atoms with Crippen molar-refractivity contribution in [1.29, 1.82) is 0 Å². The van der Waals surface area contributed by atoms with Gasteiger partial charge in [0.2, 0.25) is 0 Å². The van der Waals surface area contributed by atoms with E-state index in [4.69, 9.17) is 0 Å². The maximum Gasteiger partial charge on any atom is 0.159 e. The fourth-order valence-corrected chi connectivity index (χ4v) is 4.93. The van der Waals surface area contributed by atoms with Crippen LogP contribution in [-0.2, 0) is 11.2 Å². The lowest BCUT2D eigenvalue weighted by molar-refractivity contribution is -0.114. The van der Waals surface area contributed by atoms with Crippen molar-refractivity contribution in [2.24, 2.45) is 17.8 Å². The van der Waals surface area contributed by atoms with Crippen LogP contribution in [0.15, 0.2) is 48.1 Å². The SMILES string of the molecule is Cc1ccc(CC(=O)C=C[C@@H]2[C@H]3CC(CCCCCN(C)C)=C[C@H]3C[C@H]2O)cc1. The lowest BCUT2D eigenvalue weighted by Gasteiger charge is -2.18. The Bertz CT molecular complexity index is 732. The van der Waals surface area contributed by atoms with E-state index >= 15 is 0 Å². The minimum atomic E-state index is -0.314. The molecule has 1 fully saturated rings. The van der Waals surface area contributed by atoms with Gasteiger partial charge in [-0.3, -0.25) is 4.79 Å². The van der Waals surface area contributed by atoms with Crippen molar-refractivity contribution >= 4 is 5.78 Å². The summed E-state index contributed by atoms with van der Waals surface area (Å²) in [6.07, 6.45) is 13.2. The third-order valence-electron chi connectivity index (χ3n) is 6.56. The molecule has 0 radical (unpaired) electrons. The first kappa shape index (κ1) is 22.0. The number of aliphatic hydroxyl groups is 1. The summed E-state index contributed by atoms with van der Waals surface area (Å²) in [6.45, 7) is 3.22. The van der Waals surface area contributed by atoms with Crippen LogP contribution in [0.3, 0.4) is 0 Å². The Hall–Kier alpha value is -1.71. The van der Waals surface area contributed by atoms with Crippen molar-refractivity contribution < 1.29 is 9.90 Å². The first-order chi connectivity index (χ1) is 13.9. The van der Waals surface area contributed by atoms with E-state index in [1.807, 2.05) is 30.3 Å². The van der Waals surface area contributed by atoms with Gasteiger partial charge in [-0.1, -0.05) is 54.0 Å². The Labute approximate surface area is 176 Å². The molecule has 3 nitrogen and oxygen atoms in total. The molecule has 2 aliphatic rings. The predicted molar refractivity (Wildman–Crippen MR) is 120 cm³/mol. The number of aryl methyl sites for hydroxylation is 1. The van der Waals surface area contributed by atoms with E-state index in [2.05, 4.69) is 32.0 Å². The molecule has 0 heterocycles.